The number of fused-ring (bicyclic) bond motifs is 1. The second kappa shape index (κ2) is 25.6. The number of carbonyl (C=O) groups is 8. The number of H-pyrrole nitrogens is 1. The number of phenols is 1. The Morgan fingerprint density at radius 1 is 0.800 bits per heavy atom. The average molecular weight is 937 g/mol. The van der Waals surface area contributed by atoms with Gasteiger partial charge in [0.05, 0.1) is 36.1 Å². The van der Waals surface area contributed by atoms with Gasteiger partial charge in [-0.3, -0.25) is 33.6 Å². The minimum absolute atomic E-state index is 0.00000395. The van der Waals surface area contributed by atoms with Gasteiger partial charge in [0.2, 0.25) is 23.6 Å². The molecule has 354 valence electrons. The number of aromatic nitrogens is 1. The highest BCUT2D eigenvalue weighted by Crippen LogP contribution is 2.29. The highest BCUT2D eigenvalue weighted by atomic mass is 33.1. The van der Waals surface area contributed by atoms with Gasteiger partial charge in [-0.15, -0.1) is 0 Å². The van der Waals surface area contributed by atoms with Crippen LogP contribution in [0.25, 0.3) is 10.9 Å². The van der Waals surface area contributed by atoms with Crippen molar-refractivity contribution in [2.45, 2.75) is 110 Å². The number of Topliss-reactive ketones (excluding diaryl/α,β-unsaturated/α-hetero) is 4. The lowest BCUT2D eigenvalue weighted by molar-refractivity contribution is -0.136. The van der Waals surface area contributed by atoms with Crippen LogP contribution in [0.2, 0.25) is 0 Å². The molecule has 0 saturated carbocycles. The zero-order chi connectivity index (χ0) is 47.8. The van der Waals surface area contributed by atoms with Gasteiger partial charge in [-0.2, -0.15) is 0 Å². The molecule has 8 atom stereocenters. The molecule has 10 N–H and O–H groups in total. The van der Waals surface area contributed by atoms with E-state index in [0.717, 1.165) is 27.3 Å². The molecule has 1 aliphatic rings. The summed E-state index contributed by atoms with van der Waals surface area (Å²) in [7, 11) is 2.31. The topological polar surface area (TPSA) is 281 Å². The van der Waals surface area contributed by atoms with E-state index < -0.39 is 101 Å². The summed E-state index contributed by atoms with van der Waals surface area (Å²) in [6.45, 7) is 6.52. The molecule has 0 bridgehead atoms. The largest absolute Gasteiger partial charge is 0.508 e. The molecular weight excluding hydrogens is 873 g/mol. The number of aromatic amines is 1. The van der Waals surface area contributed by atoms with Crippen molar-refractivity contribution in [2.24, 2.45) is 41.1 Å². The fraction of sp³-hybridized carbons (Fsp3) is 0.532. The normalized spacial score (nSPS) is 23.3. The second-order valence-corrected chi connectivity index (χ2v) is 19.9. The van der Waals surface area contributed by atoms with Gasteiger partial charge in [-0.1, -0.05) is 65.8 Å². The van der Waals surface area contributed by atoms with Crippen molar-refractivity contribution in [2.75, 3.05) is 18.1 Å². The minimum Gasteiger partial charge on any atom is -0.508 e. The summed E-state index contributed by atoms with van der Waals surface area (Å²) in [4.78, 5) is 114. The molecule has 0 aliphatic carbocycles. The second-order valence-electron chi connectivity index (χ2n) is 17.4. The standard InChI is InChI=1S/C47H64N6O10S2/c1-26(2)35-21-42(58)38(11-7-8-16-48)51-45(61)30(19-31-23-50-37-10-6-5-9-34(31)37)20-41(57)39(18-29-12-14-33(56)15-13-29)52-46(62)32(17-27(3)54)24-64-65-25-40(53-47(35)63)43(59)22-36(28(4)55)44(49)60/h5-6,9-10,12-15,23,26,28,30,32,35-36,38-40,50,55-56H,7-8,11,16-22,24-25,48H2,1-4H3,(H2,49,60)(H,51,61)(H,52,62)(H,53,63)/t28?,30-,32-,35-,36+,38-,39+,40-/m0/s1. The van der Waals surface area contributed by atoms with Crippen LogP contribution in [-0.4, -0.2) is 104 Å². The van der Waals surface area contributed by atoms with Gasteiger partial charge in [0.1, 0.15) is 11.5 Å². The Kier molecular flexibility index (Phi) is 20.7. The summed E-state index contributed by atoms with van der Waals surface area (Å²) >= 11 is 0. The van der Waals surface area contributed by atoms with Crippen molar-refractivity contribution in [3.05, 3.63) is 65.9 Å². The van der Waals surface area contributed by atoms with E-state index in [2.05, 4.69) is 20.9 Å². The Labute approximate surface area is 387 Å². The van der Waals surface area contributed by atoms with E-state index in [9.17, 15) is 48.6 Å². The Bertz CT molecular complexity index is 2140. The lowest BCUT2D eigenvalue weighted by atomic mass is 9.86. The molecule has 1 aliphatic heterocycles. The van der Waals surface area contributed by atoms with Crippen LogP contribution in [0.5, 0.6) is 5.75 Å². The third kappa shape index (κ3) is 16.1. The van der Waals surface area contributed by atoms with Crippen LogP contribution >= 0.6 is 21.6 Å². The maximum atomic E-state index is 14.6. The van der Waals surface area contributed by atoms with Gasteiger partial charge in [0, 0.05) is 66.1 Å². The number of aliphatic hydroxyl groups excluding tert-OH is 1. The van der Waals surface area contributed by atoms with Crippen molar-refractivity contribution < 1.29 is 48.6 Å². The maximum absolute atomic E-state index is 14.6. The summed E-state index contributed by atoms with van der Waals surface area (Å²) < 4.78 is 0. The molecule has 16 nitrogen and oxygen atoms in total. The minimum atomic E-state index is -1.26. The fourth-order valence-corrected chi connectivity index (χ4v) is 10.4. The first kappa shape index (κ1) is 52.6. The molecule has 3 aromatic rings. The molecule has 18 heteroatoms. The number of nitrogens with two attached hydrogens (primary N) is 2. The number of rotatable bonds is 16. The lowest BCUT2D eigenvalue weighted by Crippen LogP contribution is -2.50. The number of aromatic hydroxyl groups is 1. The van der Waals surface area contributed by atoms with Crippen LogP contribution < -0.4 is 27.4 Å². The summed E-state index contributed by atoms with van der Waals surface area (Å²) in [6, 6.07) is 10.2. The van der Waals surface area contributed by atoms with Gasteiger partial charge in [0.25, 0.3) is 0 Å². The molecule has 2 heterocycles. The van der Waals surface area contributed by atoms with Crippen LogP contribution in [0, 0.1) is 29.6 Å². The quantitative estimate of drug-likeness (QED) is 0.0756. The van der Waals surface area contributed by atoms with E-state index in [0.29, 0.717) is 24.9 Å². The van der Waals surface area contributed by atoms with E-state index >= 15 is 0 Å². The molecule has 1 aromatic heterocycles. The van der Waals surface area contributed by atoms with Crippen LogP contribution in [0.1, 0.15) is 83.8 Å². The molecule has 1 saturated heterocycles. The number of carbonyl (C=O) groups excluding carboxylic acids is 8. The molecular formula is C47H64N6O10S2. The van der Waals surface area contributed by atoms with Crippen molar-refractivity contribution in [3.63, 3.8) is 0 Å². The molecule has 65 heavy (non-hydrogen) atoms. The Morgan fingerprint density at radius 2 is 1.45 bits per heavy atom. The third-order valence-electron chi connectivity index (χ3n) is 11.8. The van der Waals surface area contributed by atoms with Gasteiger partial charge in [-0.25, -0.2) is 0 Å². The number of aliphatic hydroxyl groups is 1. The molecule has 1 fully saturated rings. The first-order chi connectivity index (χ1) is 30.9. The third-order valence-corrected chi connectivity index (χ3v) is 14.3. The zero-order valence-corrected chi connectivity index (χ0v) is 39.1. The fourth-order valence-electron chi connectivity index (χ4n) is 7.88. The van der Waals surface area contributed by atoms with E-state index in [1.54, 1.807) is 32.2 Å². The maximum Gasteiger partial charge on any atom is 0.225 e. The SMILES string of the molecule is CC(=O)C[C@H]1CSSC[C@@H](C(=O)C[C@@H](C(N)=O)C(C)O)NC(=O)[C@H](C(C)C)CC(=O)[C@H](CCCCN)NC(=O)[C@@H](Cc2c[nH]c3ccccc23)CC(=O)[C@@H](Cc2ccc(O)cc2)NC1=O. The van der Waals surface area contributed by atoms with Gasteiger partial charge >= 0.3 is 0 Å². The number of primary amides is 1. The van der Waals surface area contributed by atoms with E-state index in [1.807, 2.05) is 24.3 Å². The first-order valence-corrected chi connectivity index (χ1v) is 24.6. The van der Waals surface area contributed by atoms with E-state index in [1.165, 1.54) is 36.8 Å². The van der Waals surface area contributed by atoms with Gasteiger partial charge in [-0.05, 0) is 87.7 Å². The number of nitrogens with one attached hydrogen (secondary N) is 4. The van der Waals surface area contributed by atoms with Crippen LogP contribution in [0.15, 0.2) is 54.7 Å². The van der Waals surface area contributed by atoms with Gasteiger partial charge < -0.3 is 47.4 Å². The molecule has 4 amide bonds. The smallest absolute Gasteiger partial charge is 0.225 e. The summed E-state index contributed by atoms with van der Waals surface area (Å²) in [5.74, 6) is -9.01. The number of benzene rings is 2. The number of phenolic OH excluding ortho intramolecular Hbond substituents is 1. The van der Waals surface area contributed by atoms with E-state index in [-0.39, 0.29) is 61.6 Å². The van der Waals surface area contributed by atoms with Crippen molar-refractivity contribution in [3.8, 4) is 5.75 Å². The molecule has 2 aromatic carbocycles. The monoisotopic (exact) mass is 936 g/mol. The molecule has 0 radical (unpaired) electrons. The van der Waals surface area contributed by atoms with E-state index in [4.69, 9.17) is 11.5 Å². The van der Waals surface area contributed by atoms with Crippen LogP contribution in [0.4, 0.5) is 0 Å². The molecule has 0 spiro atoms. The Balaban J connectivity index is 1.80. The molecule has 4 rings (SSSR count). The van der Waals surface area contributed by atoms with Crippen molar-refractivity contribution >= 4 is 79.3 Å². The first-order valence-electron chi connectivity index (χ1n) is 22.1. The number of hydrogen-bond donors (Lipinski definition) is 8. The lowest BCUT2D eigenvalue weighted by Gasteiger charge is -2.28. The highest BCUT2D eigenvalue weighted by Gasteiger charge is 2.36. The van der Waals surface area contributed by atoms with Crippen LogP contribution in [-0.2, 0) is 51.2 Å². The van der Waals surface area contributed by atoms with Crippen molar-refractivity contribution in [1.82, 2.24) is 20.9 Å². The van der Waals surface area contributed by atoms with Gasteiger partial charge in [0.15, 0.2) is 17.3 Å². The summed E-state index contributed by atoms with van der Waals surface area (Å²) in [5, 5.41) is 29.6. The average Bonchev–Trinajstić information content (AvgIpc) is 3.66. The summed E-state index contributed by atoms with van der Waals surface area (Å²) in [5.41, 5.74) is 13.5. The number of amides is 4. The number of hydrogen-bond acceptors (Lipinski definition) is 13. The highest BCUT2D eigenvalue weighted by molar-refractivity contribution is 8.76. The zero-order valence-electron chi connectivity index (χ0n) is 37.5. The number of ketones is 4. The number of para-hydroxylation sites is 1. The number of unbranched alkanes of at least 4 members (excludes halogenated alkanes) is 1. The predicted octanol–water partition coefficient (Wildman–Crippen LogP) is 3.48. The Morgan fingerprint density at radius 3 is 2.09 bits per heavy atom. The predicted molar refractivity (Wildman–Crippen MR) is 251 cm³/mol. The molecule has 1 unspecified atom stereocenters. The Hall–Kier alpha value is -5.04. The summed E-state index contributed by atoms with van der Waals surface area (Å²) in [6.07, 6.45) is 0.530. The van der Waals surface area contributed by atoms with Crippen LogP contribution in [0.3, 0.4) is 0 Å². The van der Waals surface area contributed by atoms with Crippen molar-refractivity contribution in [1.29, 1.82) is 0 Å².